The molecule has 96 valence electrons. The summed E-state index contributed by atoms with van der Waals surface area (Å²) >= 11 is 0.788. The minimum Gasteiger partial charge on any atom is -0.544 e. The molecule has 0 saturated carbocycles. The number of carbonyl (C=O) groups excluding carboxylic acids is 2. The van der Waals surface area contributed by atoms with Crippen LogP contribution in [0.5, 0.6) is 0 Å². The summed E-state index contributed by atoms with van der Waals surface area (Å²) in [7, 11) is 0. The van der Waals surface area contributed by atoms with Crippen LogP contribution >= 0.6 is 11.8 Å². The van der Waals surface area contributed by atoms with Gasteiger partial charge in [0.15, 0.2) is 0 Å². The van der Waals surface area contributed by atoms with Crippen LogP contribution in [0.4, 0.5) is 5.69 Å². The summed E-state index contributed by atoms with van der Waals surface area (Å²) < 4.78 is 0. The molecule has 0 radical (unpaired) electrons. The Hall–Kier alpha value is -1.93. The second-order valence-electron chi connectivity index (χ2n) is 3.42. The first kappa shape index (κ1) is 14.1. The number of benzene rings is 1. The first-order valence-corrected chi connectivity index (χ1v) is 5.86. The fourth-order valence-electron chi connectivity index (χ4n) is 1.05. The van der Waals surface area contributed by atoms with E-state index < -0.39 is 16.9 Å². The van der Waals surface area contributed by atoms with Gasteiger partial charge in [0.1, 0.15) is 6.04 Å². The third kappa shape index (κ3) is 3.82. The highest BCUT2D eigenvalue weighted by atomic mass is 32.2. The molecule has 0 unspecified atom stereocenters. The van der Waals surface area contributed by atoms with Crippen molar-refractivity contribution in [3.8, 4) is 0 Å². The van der Waals surface area contributed by atoms with Crippen LogP contribution in [0.15, 0.2) is 24.3 Å². The molecule has 1 atom stereocenters. The maximum atomic E-state index is 11.6. The maximum absolute atomic E-state index is 11.6. The molecule has 7 nitrogen and oxygen atoms in total. The Labute approximate surface area is 106 Å². The van der Waals surface area contributed by atoms with Crippen LogP contribution < -0.4 is 10.8 Å². The van der Waals surface area contributed by atoms with Gasteiger partial charge in [0, 0.05) is 17.7 Å². The first-order valence-electron chi connectivity index (χ1n) is 4.87. The smallest absolute Gasteiger partial charge is 0.269 e. The van der Waals surface area contributed by atoms with Gasteiger partial charge in [0.2, 0.25) is 5.12 Å². The summed E-state index contributed by atoms with van der Waals surface area (Å²) in [6.45, 7) is 0. The highest BCUT2D eigenvalue weighted by Crippen LogP contribution is 2.17. The molecular weight excluding hydrogens is 260 g/mol. The van der Waals surface area contributed by atoms with E-state index >= 15 is 0 Å². The Bertz CT molecular complexity index is 474. The van der Waals surface area contributed by atoms with Crippen LogP contribution in [0.3, 0.4) is 0 Å². The lowest BCUT2D eigenvalue weighted by atomic mass is 10.2. The Morgan fingerprint density at radius 3 is 2.33 bits per heavy atom. The second kappa shape index (κ2) is 6.12. The quantitative estimate of drug-likeness (QED) is 0.530. The number of carboxylic acids is 1. The number of nitro benzene ring substituents is 1. The maximum Gasteiger partial charge on any atom is 0.269 e. The van der Waals surface area contributed by atoms with E-state index in [4.69, 9.17) is 0 Å². The highest BCUT2D eigenvalue weighted by molar-refractivity contribution is 8.14. The number of hydrogen-bond donors (Lipinski definition) is 1. The predicted octanol–water partition coefficient (Wildman–Crippen LogP) is -1.17. The Morgan fingerprint density at radius 1 is 1.33 bits per heavy atom. The van der Waals surface area contributed by atoms with Gasteiger partial charge >= 0.3 is 0 Å². The Balaban J connectivity index is 2.62. The number of nitrogens with zero attached hydrogens (tertiary/aromatic N) is 1. The van der Waals surface area contributed by atoms with E-state index in [-0.39, 0.29) is 22.1 Å². The van der Waals surface area contributed by atoms with E-state index in [0.717, 1.165) is 11.8 Å². The average Bonchev–Trinajstić information content (AvgIpc) is 2.35. The van der Waals surface area contributed by atoms with E-state index in [1.807, 2.05) is 0 Å². The van der Waals surface area contributed by atoms with Crippen molar-refractivity contribution in [3.05, 3.63) is 39.9 Å². The molecule has 0 fully saturated rings. The minimum atomic E-state index is -1.32. The van der Waals surface area contributed by atoms with Gasteiger partial charge in [-0.15, -0.1) is 0 Å². The highest BCUT2D eigenvalue weighted by Gasteiger charge is 2.14. The average molecular weight is 270 g/mol. The third-order valence-electron chi connectivity index (χ3n) is 2.06. The van der Waals surface area contributed by atoms with Crippen molar-refractivity contribution in [2.45, 2.75) is 6.04 Å². The number of carboxylic acid groups (broad SMARTS) is 1. The van der Waals surface area contributed by atoms with Crippen molar-refractivity contribution < 1.29 is 25.4 Å². The van der Waals surface area contributed by atoms with Gasteiger partial charge in [0.05, 0.1) is 16.6 Å². The molecule has 3 N–H and O–H groups in total. The van der Waals surface area contributed by atoms with Gasteiger partial charge in [-0.05, 0) is 12.1 Å². The molecule has 1 aromatic rings. The van der Waals surface area contributed by atoms with E-state index in [2.05, 4.69) is 5.73 Å². The van der Waals surface area contributed by atoms with Gasteiger partial charge in [-0.1, -0.05) is 11.8 Å². The fraction of sp³-hybridized carbons (Fsp3) is 0.200. The van der Waals surface area contributed by atoms with Crippen LogP contribution in [0.2, 0.25) is 0 Å². The summed E-state index contributed by atoms with van der Waals surface area (Å²) in [6.07, 6.45) is 0. The molecule has 0 aliphatic rings. The largest absolute Gasteiger partial charge is 0.544 e. The molecule has 1 rings (SSSR count). The van der Waals surface area contributed by atoms with Crippen LogP contribution in [0.25, 0.3) is 0 Å². The number of carbonyl (C=O) groups is 2. The van der Waals surface area contributed by atoms with E-state index in [9.17, 15) is 24.8 Å². The number of aliphatic carboxylic acids is 1. The SMILES string of the molecule is [NH3+][C@@H](CSC(=O)c1ccc([N+](=O)[O-])cc1)C(=O)[O-]. The summed E-state index contributed by atoms with van der Waals surface area (Å²) in [5.74, 6) is -1.32. The van der Waals surface area contributed by atoms with Crippen LogP contribution in [0, 0.1) is 10.1 Å². The number of nitro groups is 1. The van der Waals surface area contributed by atoms with Crippen LogP contribution in [0.1, 0.15) is 10.4 Å². The van der Waals surface area contributed by atoms with Crippen molar-refractivity contribution in [1.82, 2.24) is 0 Å². The summed E-state index contributed by atoms with van der Waals surface area (Å²) in [4.78, 5) is 31.8. The van der Waals surface area contributed by atoms with Crippen molar-refractivity contribution in [1.29, 1.82) is 0 Å². The number of hydrogen-bond acceptors (Lipinski definition) is 6. The monoisotopic (exact) mass is 270 g/mol. The number of non-ortho nitro benzene ring substituents is 1. The molecule has 0 aliphatic heterocycles. The Morgan fingerprint density at radius 2 is 1.89 bits per heavy atom. The predicted molar refractivity (Wildman–Crippen MR) is 61.6 cm³/mol. The molecule has 1 aromatic carbocycles. The summed E-state index contributed by atoms with van der Waals surface area (Å²) in [5.41, 5.74) is 3.48. The molecule has 0 spiro atoms. The number of quaternary nitrogens is 1. The standard InChI is InChI=1S/C10H10N2O5S/c11-8(9(13)14)5-18-10(15)6-1-3-7(4-2-6)12(16)17/h1-4,8H,5,11H2,(H,13,14)/t8-/m0/s1. The van der Waals surface area contributed by atoms with E-state index in [1.165, 1.54) is 24.3 Å². The lowest BCUT2D eigenvalue weighted by molar-refractivity contribution is -0.431. The third-order valence-corrected chi connectivity index (χ3v) is 3.13. The number of thioether (sulfide) groups is 1. The van der Waals surface area contributed by atoms with Crippen molar-refractivity contribution in [2.75, 3.05) is 5.75 Å². The zero-order valence-electron chi connectivity index (χ0n) is 9.20. The fourth-order valence-corrected chi connectivity index (χ4v) is 1.84. The summed E-state index contributed by atoms with van der Waals surface area (Å²) in [5, 5.41) is 20.4. The normalized spacial score (nSPS) is 11.8. The molecule has 0 heterocycles. The molecule has 0 aromatic heterocycles. The minimum absolute atomic E-state index is 0.00183. The molecule has 8 heteroatoms. The molecular formula is C10H10N2O5S. The molecule has 0 bridgehead atoms. The van der Waals surface area contributed by atoms with E-state index in [1.54, 1.807) is 0 Å². The van der Waals surface area contributed by atoms with Crippen molar-refractivity contribution >= 4 is 28.5 Å². The second-order valence-corrected chi connectivity index (χ2v) is 4.41. The number of rotatable bonds is 5. The molecule has 0 aliphatic carbocycles. The summed E-state index contributed by atoms with van der Waals surface area (Å²) in [6, 6.07) is 4.11. The van der Waals surface area contributed by atoms with Gasteiger partial charge in [-0.2, -0.15) is 0 Å². The first-order chi connectivity index (χ1) is 8.41. The van der Waals surface area contributed by atoms with E-state index in [0.29, 0.717) is 0 Å². The van der Waals surface area contributed by atoms with Gasteiger partial charge in [0.25, 0.3) is 5.69 Å². The van der Waals surface area contributed by atoms with Crippen molar-refractivity contribution in [2.24, 2.45) is 0 Å². The van der Waals surface area contributed by atoms with Crippen molar-refractivity contribution in [3.63, 3.8) is 0 Å². The van der Waals surface area contributed by atoms with Gasteiger partial charge in [-0.3, -0.25) is 14.9 Å². The molecule has 0 saturated heterocycles. The van der Waals surface area contributed by atoms with Crippen LogP contribution in [-0.4, -0.2) is 27.8 Å². The topological polar surface area (TPSA) is 128 Å². The Kier molecular flexibility index (Phi) is 4.81. The van der Waals surface area contributed by atoms with Crippen LogP contribution in [-0.2, 0) is 4.79 Å². The zero-order valence-corrected chi connectivity index (χ0v) is 10.0. The molecule has 18 heavy (non-hydrogen) atoms. The zero-order chi connectivity index (χ0) is 13.7. The lowest BCUT2D eigenvalue weighted by Crippen LogP contribution is -2.69. The lowest BCUT2D eigenvalue weighted by Gasteiger charge is -2.07. The molecule has 0 amide bonds. The van der Waals surface area contributed by atoms with Gasteiger partial charge < -0.3 is 15.6 Å². The van der Waals surface area contributed by atoms with Gasteiger partial charge in [-0.25, -0.2) is 0 Å².